The first-order chi connectivity index (χ1) is 13.2. The van der Waals surface area contributed by atoms with E-state index in [1.54, 1.807) is 13.8 Å². The van der Waals surface area contributed by atoms with E-state index in [9.17, 15) is 19.2 Å². The van der Waals surface area contributed by atoms with Crippen molar-refractivity contribution in [3.63, 3.8) is 0 Å². The van der Waals surface area contributed by atoms with Gasteiger partial charge in [0.05, 0.1) is 4.87 Å². The highest BCUT2D eigenvalue weighted by atomic mass is 32.1. The zero-order valence-corrected chi connectivity index (χ0v) is 20.4. The predicted octanol–water partition coefficient (Wildman–Crippen LogP) is 2.14. The fraction of sp³-hybridized carbons (Fsp3) is 0.714. The Kier molecular flexibility index (Phi) is 7.46. The van der Waals surface area contributed by atoms with Crippen LogP contribution >= 0.6 is 12.6 Å². The van der Waals surface area contributed by atoms with Crippen molar-refractivity contribution in [1.82, 2.24) is 10.6 Å². The highest BCUT2D eigenvalue weighted by Crippen LogP contribution is 2.27. The van der Waals surface area contributed by atoms with Crippen molar-refractivity contribution in [3.8, 4) is 0 Å². The highest BCUT2D eigenvalue weighted by molar-refractivity contribution is 7.81. The fourth-order valence-corrected chi connectivity index (χ4v) is 2.89. The van der Waals surface area contributed by atoms with Crippen LogP contribution in [0.3, 0.4) is 0 Å². The van der Waals surface area contributed by atoms with E-state index in [-0.39, 0.29) is 11.2 Å². The summed E-state index contributed by atoms with van der Waals surface area (Å²) in [6.07, 6.45) is 1.11. The molecule has 8 nitrogen and oxygen atoms in total. The third-order valence-electron chi connectivity index (χ3n) is 4.33. The van der Waals surface area contributed by atoms with Crippen LogP contribution in [0.25, 0.3) is 0 Å². The molecule has 0 bridgehead atoms. The standard InChI is InChI=1S/C21H36N4O4S/c1-18(2,3)22-12-13(15(27)14(12)26)23-19(4,5)10-11-20(6,7)24-16(28)17(29)25-21(8,9)30/h22-23,30H,10-11H2,1-9H3,(H,24,28)(H,25,29). The molecule has 0 aliphatic rings. The number of nitrogens with one attached hydrogen (secondary N) is 4. The molecule has 4 N–H and O–H groups in total. The van der Waals surface area contributed by atoms with Crippen LogP contribution in [0, 0.1) is 0 Å². The number of rotatable bonds is 8. The van der Waals surface area contributed by atoms with Gasteiger partial charge in [0.1, 0.15) is 11.4 Å². The summed E-state index contributed by atoms with van der Waals surface area (Å²) >= 11 is 4.19. The summed E-state index contributed by atoms with van der Waals surface area (Å²) in [6.45, 7) is 16.6. The van der Waals surface area contributed by atoms with Crippen molar-refractivity contribution < 1.29 is 9.59 Å². The lowest BCUT2D eigenvalue weighted by Gasteiger charge is -2.34. The van der Waals surface area contributed by atoms with Gasteiger partial charge in [-0.15, -0.1) is 0 Å². The predicted molar refractivity (Wildman–Crippen MR) is 125 cm³/mol. The molecule has 0 aliphatic carbocycles. The lowest BCUT2D eigenvalue weighted by molar-refractivity contribution is -0.140. The molecule has 170 valence electrons. The average molecular weight is 441 g/mol. The fourth-order valence-electron chi connectivity index (χ4n) is 2.79. The van der Waals surface area contributed by atoms with E-state index in [4.69, 9.17) is 0 Å². The van der Waals surface area contributed by atoms with Gasteiger partial charge >= 0.3 is 11.8 Å². The van der Waals surface area contributed by atoms with Gasteiger partial charge in [-0.3, -0.25) is 19.2 Å². The molecule has 0 atom stereocenters. The molecule has 30 heavy (non-hydrogen) atoms. The quantitative estimate of drug-likeness (QED) is 0.240. The summed E-state index contributed by atoms with van der Waals surface area (Å²) in [7, 11) is 0. The second-order valence-electron chi connectivity index (χ2n) is 10.6. The Morgan fingerprint density at radius 1 is 0.700 bits per heavy atom. The maximum atomic E-state index is 12.2. The Hall–Kier alpha value is -2.03. The largest absolute Gasteiger partial charge is 0.375 e. The normalized spacial score (nSPS) is 13.1. The van der Waals surface area contributed by atoms with Gasteiger partial charge in [0.25, 0.3) is 10.9 Å². The van der Waals surface area contributed by atoms with Crippen molar-refractivity contribution >= 4 is 35.8 Å². The minimum atomic E-state index is -0.802. The molecule has 0 spiro atoms. The molecule has 1 aromatic carbocycles. The lowest BCUT2D eigenvalue weighted by atomic mass is 9.88. The van der Waals surface area contributed by atoms with Gasteiger partial charge in [0, 0.05) is 16.6 Å². The molecule has 0 fully saturated rings. The molecule has 0 aromatic heterocycles. The number of hydrogen-bond donors (Lipinski definition) is 5. The summed E-state index contributed by atoms with van der Waals surface area (Å²) in [5, 5.41) is 11.5. The topological polar surface area (TPSA) is 116 Å². The third kappa shape index (κ3) is 8.01. The second-order valence-corrected chi connectivity index (χ2v) is 11.8. The molecule has 0 saturated heterocycles. The molecule has 1 aromatic rings. The minimum absolute atomic E-state index is 0.289. The van der Waals surface area contributed by atoms with E-state index in [1.165, 1.54) is 0 Å². The lowest BCUT2D eigenvalue weighted by Crippen LogP contribution is -2.53. The first-order valence-corrected chi connectivity index (χ1v) is 10.4. The number of carbonyl (C=O) groups is 2. The number of hydrogen-bond acceptors (Lipinski definition) is 7. The van der Waals surface area contributed by atoms with Crippen LogP contribution in [-0.2, 0) is 9.59 Å². The third-order valence-corrected chi connectivity index (χ3v) is 4.44. The molecule has 0 unspecified atom stereocenters. The van der Waals surface area contributed by atoms with Gasteiger partial charge in [0.2, 0.25) is 0 Å². The van der Waals surface area contributed by atoms with Crippen molar-refractivity contribution in [3.05, 3.63) is 20.4 Å². The number of anilines is 2. The smallest absolute Gasteiger partial charge is 0.310 e. The summed E-state index contributed by atoms with van der Waals surface area (Å²) in [6, 6.07) is 0. The molecule has 0 radical (unpaired) electrons. The summed E-state index contributed by atoms with van der Waals surface area (Å²) in [4.78, 5) is 47.3. The van der Waals surface area contributed by atoms with E-state index in [1.807, 2.05) is 48.5 Å². The molecule has 9 heteroatoms. The van der Waals surface area contributed by atoms with Crippen molar-refractivity contribution in [2.75, 3.05) is 10.6 Å². The molecular formula is C21H36N4O4S. The second kappa shape index (κ2) is 8.61. The van der Waals surface area contributed by atoms with Crippen molar-refractivity contribution in [2.45, 2.75) is 96.6 Å². The molecule has 0 saturated carbocycles. The van der Waals surface area contributed by atoms with Crippen LogP contribution in [0.15, 0.2) is 9.59 Å². The van der Waals surface area contributed by atoms with Gasteiger partial charge in [0.15, 0.2) is 0 Å². The van der Waals surface area contributed by atoms with Crippen LogP contribution in [0.4, 0.5) is 11.4 Å². The Balaban J connectivity index is 2.76. The van der Waals surface area contributed by atoms with Crippen molar-refractivity contribution in [1.29, 1.82) is 0 Å². The summed E-state index contributed by atoms with van der Waals surface area (Å²) in [5.74, 6) is -1.48. The van der Waals surface area contributed by atoms with E-state index in [0.29, 0.717) is 18.5 Å². The average Bonchev–Trinajstić information content (AvgIpc) is 2.53. The van der Waals surface area contributed by atoms with E-state index < -0.39 is 38.6 Å². The first kappa shape index (κ1) is 26.0. The zero-order valence-electron chi connectivity index (χ0n) is 19.5. The van der Waals surface area contributed by atoms with E-state index in [0.717, 1.165) is 0 Å². The van der Waals surface area contributed by atoms with Gasteiger partial charge in [-0.1, -0.05) is 0 Å². The van der Waals surface area contributed by atoms with E-state index in [2.05, 4.69) is 33.9 Å². The Labute approximate surface area is 184 Å². The number of thiol groups is 1. The first-order valence-electron chi connectivity index (χ1n) is 10.00. The highest BCUT2D eigenvalue weighted by Gasteiger charge is 2.32. The Bertz CT molecular complexity index is 869. The van der Waals surface area contributed by atoms with Gasteiger partial charge in [-0.05, 0) is 75.2 Å². The maximum Gasteiger partial charge on any atom is 0.310 e. The number of amides is 2. The number of carbonyl (C=O) groups excluding carboxylic acids is 2. The van der Waals surface area contributed by atoms with Crippen LogP contribution in [0.2, 0.25) is 0 Å². The molecule has 2 amide bonds. The van der Waals surface area contributed by atoms with Crippen LogP contribution in [0.5, 0.6) is 0 Å². The van der Waals surface area contributed by atoms with E-state index >= 15 is 0 Å². The molecule has 1 rings (SSSR count). The SMILES string of the molecule is CC(C)(C)Nc1c(NC(C)(C)CCC(C)(C)NC(=O)C(=O)NC(C)(C)S)c(=O)c1=O. The monoisotopic (exact) mass is 440 g/mol. The van der Waals surface area contributed by atoms with Crippen LogP contribution in [0.1, 0.15) is 75.2 Å². The van der Waals surface area contributed by atoms with Crippen molar-refractivity contribution in [2.24, 2.45) is 0 Å². The zero-order chi connectivity index (χ0) is 23.7. The Morgan fingerprint density at radius 3 is 1.53 bits per heavy atom. The summed E-state index contributed by atoms with van der Waals surface area (Å²) < 4.78 is 0. The maximum absolute atomic E-state index is 12.2. The van der Waals surface area contributed by atoms with Gasteiger partial charge in [-0.25, -0.2) is 0 Å². The minimum Gasteiger partial charge on any atom is -0.375 e. The summed E-state index contributed by atoms with van der Waals surface area (Å²) in [5.41, 5.74) is -1.99. The molecule has 0 aliphatic heterocycles. The van der Waals surface area contributed by atoms with Gasteiger partial charge in [-0.2, -0.15) is 12.6 Å². The molecular weight excluding hydrogens is 404 g/mol. The molecule has 0 heterocycles. The van der Waals surface area contributed by atoms with Crippen LogP contribution in [-0.4, -0.2) is 33.3 Å². The van der Waals surface area contributed by atoms with Gasteiger partial charge < -0.3 is 21.3 Å². The van der Waals surface area contributed by atoms with Crippen LogP contribution < -0.4 is 32.1 Å². The Morgan fingerprint density at radius 2 is 1.10 bits per heavy atom.